The lowest BCUT2D eigenvalue weighted by molar-refractivity contribution is -0.384. The maximum Gasteiger partial charge on any atom is 0.269 e. The maximum atomic E-state index is 13.0. The van der Waals surface area contributed by atoms with Crippen LogP contribution in [0.4, 0.5) is 11.5 Å². The second kappa shape index (κ2) is 7.35. The minimum Gasteiger partial charge on any atom is -0.343 e. The molecule has 7 nitrogen and oxygen atoms in total. The van der Waals surface area contributed by atoms with Gasteiger partial charge < -0.3 is 5.32 Å². The van der Waals surface area contributed by atoms with Gasteiger partial charge in [0, 0.05) is 40.4 Å². The second-order valence-electron chi connectivity index (χ2n) is 7.81. The number of aryl methyl sites for hydroxylation is 1. The Hall–Kier alpha value is -3.45. The van der Waals surface area contributed by atoms with E-state index >= 15 is 0 Å². The number of carbonyl (C=O) groups is 1. The number of carbonyl (C=O) groups excluding carboxylic acids is 1. The second-order valence-corrected chi connectivity index (χ2v) is 8.25. The lowest BCUT2D eigenvalue weighted by Crippen LogP contribution is -2.31. The lowest BCUT2D eigenvalue weighted by atomic mass is 9.85. The highest BCUT2D eigenvalue weighted by molar-refractivity contribution is 6.30. The van der Waals surface area contributed by atoms with Gasteiger partial charge in [0.15, 0.2) is 5.78 Å². The molecule has 3 aromatic rings. The first-order valence-electron chi connectivity index (χ1n) is 10.1. The molecule has 1 aliphatic heterocycles. The largest absolute Gasteiger partial charge is 0.343 e. The molecule has 8 heteroatoms. The van der Waals surface area contributed by atoms with Crippen LogP contribution in [-0.2, 0) is 4.79 Å². The van der Waals surface area contributed by atoms with E-state index < -0.39 is 11.0 Å². The summed E-state index contributed by atoms with van der Waals surface area (Å²) in [6.07, 6.45) is 1.98. The Balaban J connectivity index is 1.74. The molecule has 0 saturated heterocycles. The van der Waals surface area contributed by atoms with Gasteiger partial charge in [-0.2, -0.15) is 5.10 Å². The number of nitro benzene ring substituents is 1. The first kappa shape index (κ1) is 19.5. The molecule has 1 aromatic heterocycles. The number of fused-ring (bicyclic) bond motifs is 1. The normalized spacial score (nSPS) is 17.7. The van der Waals surface area contributed by atoms with Crippen LogP contribution in [-0.4, -0.2) is 20.5 Å². The van der Waals surface area contributed by atoms with Gasteiger partial charge in [0.05, 0.1) is 10.6 Å². The Labute approximate surface area is 183 Å². The summed E-state index contributed by atoms with van der Waals surface area (Å²) in [5.41, 5.74) is 4.86. The Kier molecular flexibility index (Phi) is 4.63. The molecule has 0 unspecified atom stereocenters. The molecule has 31 heavy (non-hydrogen) atoms. The van der Waals surface area contributed by atoms with Gasteiger partial charge in [-0.05, 0) is 43.0 Å². The van der Waals surface area contributed by atoms with E-state index in [1.54, 1.807) is 10.7 Å². The number of hydrogen-bond acceptors (Lipinski definition) is 5. The lowest BCUT2D eigenvalue weighted by Gasteiger charge is -2.33. The van der Waals surface area contributed by atoms with Crippen LogP contribution in [0.5, 0.6) is 0 Å². The van der Waals surface area contributed by atoms with Crippen LogP contribution in [0.2, 0.25) is 5.02 Å². The number of Topliss-reactive ketones (excluding diaryl/α,β-unsaturated/α-hetero) is 1. The topological polar surface area (TPSA) is 90.1 Å². The molecule has 0 amide bonds. The van der Waals surface area contributed by atoms with Crippen LogP contribution >= 0.6 is 11.6 Å². The number of halogens is 1. The van der Waals surface area contributed by atoms with Crippen molar-refractivity contribution >= 4 is 28.9 Å². The molecule has 1 atom stereocenters. The SMILES string of the molecule is Cc1nn2c(c1-c1ccc(Cl)cc1)NC1=C(C(=O)CCC1)[C@H]2c1cccc([N+](=O)[O-])c1. The minimum atomic E-state index is -0.515. The van der Waals surface area contributed by atoms with Crippen molar-refractivity contribution in [3.63, 3.8) is 0 Å². The number of hydrogen-bond donors (Lipinski definition) is 1. The number of nitrogens with one attached hydrogen (secondary N) is 1. The summed E-state index contributed by atoms with van der Waals surface area (Å²) in [6, 6.07) is 13.5. The van der Waals surface area contributed by atoms with Crippen molar-refractivity contribution in [2.75, 3.05) is 5.32 Å². The number of nitro groups is 1. The molecular weight excluding hydrogens is 416 g/mol. The number of nitrogens with zero attached hydrogens (tertiary/aromatic N) is 3. The van der Waals surface area contributed by atoms with Crippen molar-refractivity contribution in [3.8, 4) is 11.1 Å². The summed E-state index contributed by atoms with van der Waals surface area (Å²) in [5, 5.41) is 20.3. The molecule has 1 N–H and O–H groups in total. The molecule has 0 saturated carbocycles. The molecule has 2 aromatic carbocycles. The zero-order chi connectivity index (χ0) is 21.7. The maximum absolute atomic E-state index is 13.0. The fourth-order valence-electron chi connectivity index (χ4n) is 4.51. The fraction of sp³-hybridized carbons (Fsp3) is 0.217. The summed E-state index contributed by atoms with van der Waals surface area (Å²) >= 11 is 6.07. The van der Waals surface area contributed by atoms with Gasteiger partial charge in [0.25, 0.3) is 5.69 Å². The van der Waals surface area contributed by atoms with Gasteiger partial charge in [0.1, 0.15) is 11.9 Å². The first-order valence-corrected chi connectivity index (χ1v) is 10.4. The molecule has 1 aliphatic carbocycles. The summed E-state index contributed by atoms with van der Waals surface area (Å²) in [5.74, 6) is 0.835. The number of benzene rings is 2. The third-order valence-corrected chi connectivity index (χ3v) is 6.11. The fourth-order valence-corrected chi connectivity index (χ4v) is 4.63. The van der Waals surface area contributed by atoms with Crippen molar-refractivity contribution < 1.29 is 9.72 Å². The smallest absolute Gasteiger partial charge is 0.269 e. The Morgan fingerprint density at radius 1 is 1.19 bits per heavy atom. The van der Waals surface area contributed by atoms with Gasteiger partial charge in [-0.15, -0.1) is 0 Å². The van der Waals surface area contributed by atoms with Crippen molar-refractivity contribution in [2.45, 2.75) is 32.2 Å². The average Bonchev–Trinajstić information content (AvgIpc) is 3.08. The standard InChI is InChI=1S/C23H19ClN4O3/c1-13-20(14-8-10-16(24)11-9-14)23-25-18-6-3-7-19(29)21(18)22(27(23)26-13)15-4-2-5-17(12-15)28(30)31/h2,4-5,8-12,22,25H,3,6-7H2,1H3/t22-/m1/s1. The van der Waals surface area contributed by atoms with Crippen LogP contribution in [0, 0.1) is 17.0 Å². The summed E-state index contributed by atoms with van der Waals surface area (Å²) in [7, 11) is 0. The van der Waals surface area contributed by atoms with E-state index in [4.69, 9.17) is 16.7 Å². The minimum absolute atomic E-state index is 0.00945. The van der Waals surface area contributed by atoms with Gasteiger partial charge in [0.2, 0.25) is 0 Å². The molecule has 0 radical (unpaired) electrons. The molecule has 2 aliphatic rings. The van der Waals surface area contributed by atoms with E-state index in [1.807, 2.05) is 37.3 Å². The Morgan fingerprint density at radius 2 is 1.97 bits per heavy atom. The van der Waals surface area contributed by atoms with Crippen LogP contribution in [0.15, 0.2) is 59.8 Å². The molecule has 0 fully saturated rings. The highest BCUT2D eigenvalue weighted by Crippen LogP contribution is 2.45. The zero-order valence-corrected chi connectivity index (χ0v) is 17.5. The van der Waals surface area contributed by atoms with Crippen molar-refractivity contribution in [3.05, 3.63) is 86.2 Å². The highest BCUT2D eigenvalue weighted by Gasteiger charge is 2.38. The summed E-state index contributed by atoms with van der Waals surface area (Å²) in [4.78, 5) is 23.9. The van der Waals surface area contributed by atoms with Crippen molar-refractivity contribution in [1.82, 2.24) is 9.78 Å². The number of allylic oxidation sites excluding steroid dienone is 2. The number of anilines is 1. The van der Waals surface area contributed by atoms with Crippen LogP contribution in [0.3, 0.4) is 0 Å². The average molecular weight is 435 g/mol. The molecule has 0 bridgehead atoms. The molecule has 156 valence electrons. The van der Waals surface area contributed by atoms with Crippen molar-refractivity contribution in [2.24, 2.45) is 0 Å². The predicted molar refractivity (Wildman–Crippen MR) is 118 cm³/mol. The van der Waals surface area contributed by atoms with E-state index in [1.165, 1.54) is 12.1 Å². The quantitative estimate of drug-likeness (QED) is 0.437. The Bertz CT molecular complexity index is 1260. The Morgan fingerprint density at radius 3 is 2.71 bits per heavy atom. The highest BCUT2D eigenvalue weighted by atomic mass is 35.5. The number of rotatable bonds is 3. The van der Waals surface area contributed by atoms with E-state index in [0.29, 0.717) is 22.6 Å². The third-order valence-electron chi connectivity index (χ3n) is 5.86. The van der Waals surface area contributed by atoms with Crippen LogP contribution < -0.4 is 5.32 Å². The van der Waals surface area contributed by atoms with E-state index in [2.05, 4.69) is 5.32 Å². The molecule has 5 rings (SSSR count). The molecular formula is C23H19ClN4O3. The van der Waals surface area contributed by atoms with Crippen LogP contribution in [0.1, 0.15) is 36.6 Å². The van der Waals surface area contributed by atoms with E-state index in [0.717, 1.165) is 41.2 Å². The predicted octanol–water partition coefficient (Wildman–Crippen LogP) is 5.44. The third kappa shape index (κ3) is 3.21. The van der Waals surface area contributed by atoms with Gasteiger partial charge in [-0.3, -0.25) is 14.9 Å². The zero-order valence-electron chi connectivity index (χ0n) is 16.8. The summed E-state index contributed by atoms with van der Waals surface area (Å²) in [6.45, 7) is 1.92. The van der Waals surface area contributed by atoms with Gasteiger partial charge in [-0.25, -0.2) is 4.68 Å². The molecule has 2 heterocycles. The number of non-ortho nitro benzene ring substituents is 1. The van der Waals surface area contributed by atoms with Gasteiger partial charge in [-0.1, -0.05) is 35.9 Å². The first-order chi connectivity index (χ1) is 14.9. The van der Waals surface area contributed by atoms with Crippen molar-refractivity contribution in [1.29, 1.82) is 0 Å². The molecule has 0 spiro atoms. The van der Waals surface area contributed by atoms with Gasteiger partial charge >= 0.3 is 0 Å². The van der Waals surface area contributed by atoms with E-state index in [-0.39, 0.29) is 11.5 Å². The van der Waals surface area contributed by atoms with Crippen LogP contribution in [0.25, 0.3) is 11.1 Å². The summed E-state index contributed by atoms with van der Waals surface area (Å²) < 4.78 is 1.79. The van der Waals surface area contributed by atoms with E-state index in [9.17, 15) is 14.9 Å². The number of aromatic nitrogens is 2. The monoisotopic (exact) mass is 434 g/mol. The number of ketones is 1.